The third-order valence-corrected chi connectivity index (χ3v) is 4.88. The second-order valence-electron chi connectivity index (χ2n) is 7.43. The van der Waals surface area contributed by atoms with Gasteiger partial charge in [0.05, 0.1) is 6.07 Å². The van der Waals surface area contributed by atoms with Crippen LogP contribution in [0.4, 0.5) is 0 Å². The van der Waals surface area contributed by atoms with E-state index in [0.717, 1.165) is 25.9 Å². The van der Waals surface area contributed by atoms with Crippen LogP contribution in [0.2, 0.25) is 0 Å². The lowest BCUT2D eigenvalue weighted by Gasteiger charge is -2.35. The maximum absolute atomic E-state index is 9.55. The highest BCUT2D eigenvalue weighted by Crippen LogP contribution is 2.32. The number of benzene rings is 1. The van der Waals surface area contributed by atoms with Gasteiger partial charge in [0, 0.05) is 30.2 Å². The summed E-state index contributed by atoms with van der Waals surface area (Å²) in [6.45, 7) is 8.50. The first-order chi connectivity index (χ1) is 11.0. The van der Waals surface area contributed by atoms with Gasteiger partial charge in [0.25, 0.3) is 0 Å². The molecule has 0 radical (unpaired) electrons. The van der Waals surface area contributed by atoms with Gasteiger partial charge in [0.15, 0.2) is 0 Å². The van der Waals surface area contributed by atoms with Crippen LogP contribution in [0, 0.1) is 16.7 Å². The molecule has 1 aliphatic rings. The standard InChI is InChI=1S/C20H25N3/c1-20(2,3)16-9-11-23(17(12-16)13-21)10-8-15-14-22-19-7-5-4-6-18(15)19/h4-7,9,14,17,22H,8,10-12H2,1-3H3. The van der Waals surface area contributed by atoms with Crippen molar-refractivity contribution in [1.29, 1.82) is 5.26 Å². The van der Waals surface area contributed by atoms with Crippen molar-refractivity contribution in [2.45, 2.75) is 39.7 Å². The maximum Gasteiger partial charge on any atom is 0.102 e. The van der Waals surface area contributed by atoms with Crippen LogP contribution in [0.15, 0.2) is 42.1 Å². The molecule has 0 saturated carbocycles. The summed E-state index contributed by atoms with van der Waals surface area (Å²) >= 11 is 0. The Morgan fingerprint density at radius 2 is 2.09 bits per heavy atom. The molecule has 3 rings (SSSR count). The van der Waals surface area contributed by atoms with Crippen molar-refractivity contribution in [2.24, 2.45) is 5.41 Å². The van der Waals surface area contributed by atoms with E-state index >= 15 is 0 Å². The summed E-state index contributed by atoms with van der Waals surface area (Å²) in [4.78, 5) is 5.64. The molecule has 3 nitrogen and oxygen atoms in total. The zero-order valence-electron chi connectivity index (χ0n) is 14.3. The normalized spacial score (nSPS) is 19.6. The number of hydrogen-bond donors (Lipinski definition) is 1. The molecule has 3 heteroatoms. The highest BCUT2D eigenvalue weighted by Gasteiger charge is 2.28. The van der Waals surface area contributed by atoms with Gasteiger partial charge in [-0.15, -0.1) is 0 Å². The third kappa shape index (κ3) is 3.33. The van der Waals surface area contributed by atoms with E-state index in [1.165, 1.54) is 22.0 Å². The molecule has 1 unspecified atom stereocenters. The number of fused-ring (bicyclic) bond motifs is 1. The second kappa shape index (κ2) is 6.22. The largest absolute Gasteiger partial charge is 0.361 e. The van der Waals surface area contributed by atoms with E-state index < -0.39 is 0 Å². The summed E-state index contributed by atoms with van der Waals surface area (Å²) in [5.41, 5.74) is 4.10. The number of nitrogens with one attached hydrogen (secondary N) is 1. The number of rotatable bonds is 3. The van der Waals surface area contributed by atoms with Crippen LogP contribution in [0.3, 0.4) is 0 Å². The number of para-hydroxylation sites is 1. The van der Waals surface area contributed by atoms with E-state index in [-0.39, 0.29) is 11.5 Å². The Hall–Kier alpha value is -2.05. The van der Waals surface area contributed by atoms with Gasteiger partial charge < -0.3 is 4.98 Å². The summed E-state index contributed by atoms with van der Waals surface area (Å²) < 4.78 is 0. The molecule has 0 amide bonds. The first-order valence-electron chi connectivity index (χ1n) is 8.37. The Morgan fingerprint density at radius 3 is 2.83 bits per heavy atom. The van der Waals surface area contributed by atoms with Crippen molar-refractivity contribution in [3.05, 3.63) is 47.7 Å². The maximum atomic E-state index is 9.55. The number of aromatic amines is 1. The van der Waals surface area contributed by atoms with Crippen molar-refractivity contribution in [3.8, 4) is 6.07 Å². The molecule has 2 aromatic rings. The summed E-state index contributed by atoms with van der Waals surface area (Å²) in [5, 5.41) is 10.8. The van der Waals surface area contributed by atoms with Crippen molar-refractivity contribution in [3.63, 3.8) is 0 Å². The topological polar surface area (TPSA) is 42.8 Å². The lowest BCUT2D eigenvalue weighted by Crippen LogP contribution is -2.40. The lowest BCUT2D eigenvalue weighted by molar-refractivity contribution is 0.235. The van der Waals surface area contributed by atoms with E-state index in [1.54, 1.807) is 0 Å². The highest BCUT2D eigenvalue weighted by atomic mass is 15.2. The van der Waals surface area contributed by atoms with Crippen LogP contribution in [0.1, 0.15) is 32.8 Å². The monoisotopic (exact) mass is 307 g/mol. The average molecular weight is 307 g/mol. The molecular weight excluding hydrogens is 282 g/mol. The molecule has 1 N–H and O–H groups in total. The number of H-pyrrole nitrogens is 1. The van der Waals surface area contributed by atoms with E-state index in [2.05, 4.69) is 73.3 Å². The lowest BCUT2D eigenvalue weighted by atomic mass is 9.81. The molecule has 0 spiro atoms. The molecule has 2 heterocycles. The number of nitrogens with zero attached hydrogens (tertiary/aromatic N) is 2. The van der Waals surface area contributed by atoms with Crippen LogP contribution in [-0.2, 0) is 6.42 Å². The minimum absolute atomic E-state index is 0.000527. The molecule has 0 saturated heterocycles. The molecule has 0 bridgehead atoms. The van der Waals surface area contributed by atoms with E-state index in [0.29, 0.717) is 0 Å². The number of aromatic nitrogens is 1. The van der Waals surface area contributed by atoms with Crippen LogP contribution in [-0.4, -0.2) is 29.0 Å². The first kappa shape index (κ1) is 15.8. The molecular formula is C20H25N3. The Labute approximate surface area is 138 Å². The zero-order chi connectivity index (χ0) is 16.4. The smallest absolute Gasteiger partial charge is 0.102 e. The summed E-state index contributed by atoms with van der Waals surface area (Å²) in [6.07, 6.45) is 6.27. The summed E-state index contributed by atoms with van der Waals surface area (Å²) in [7, 11) is 0. The van der Waals surface area contributed by atoms with Gasteiger partial charge in [0.2, 0.25) is 0 Å². The van der Waals surface area contributed by atoms with Gasteiger partial charge in [0.1, 0.15) is 6.04 Å². The van der Waals surface area contributed by atoms with E-state index in [9.17, 15) is 5.26 Å². The van der Waals surface area contributed by atoms with Crippen LogP contribution < -0.4 is 0 Å². The highest BCUT2D eigenvalue weighted by molar-refractivity contribution is 5.83. The van der Waals surface area contributed by atoms with Gasteiger partial charge in [-0.3, -0.25) is 4.90 Å². The van der Waals surface area contributed by atoms with Gasteiger partial charge >= 0.3 is 0 Å². The molecule has 0 fully saturated rings. The molecule has 0 aliphatic carbocycles. The summed E-state index contributed by atoms with van der Waals surface area (Å²) in [5.74, 6) is 0. The Balaban J connectivity index is 1.71. The Bertz CT molecular complexity index is 755. The molecule has 23 heavy (non-hydrogen) atoms. The minimum Gasteiger partial charge on any atom is -0.361 e. The van der Waals surface area contributed by atoms with Crippen LogP contribution >= 0.6 is 0 Å². The van der Waals surface area contributed by atoms with Crippen LogP contribution in [0.25, 0.3) is 10.9 Å². The van der Waals surface area contributed by atoms with E-state index in [4.69, 9.17) is 0 Å². The first-order valence-corrected chi connectivity index (χ1v) is 8.37. The predicted octanol–water partition coefficient (Wildman–Crippen LogP) is 4.28. The fourth-order valence-corrected chi connectivity index (χ4v) is 3.36. The zero-order valence-corrected chi connectivity index (χ0v) is 14.3. The van der Waals surface area contributed by atoms with Crippen molar-refractivity contribution >= 4 is 10.9 Å². The van der Waals surface area contributed by atoms with Crippen LogP contribution in [0.5, 0.6) is 0 Å². The SMILES string of the molecule is CC(C)(C)C1=CCN(CCc2c[nH]c3ccccc23)C(C#N)C1. The number of nitriles is 1. The van der Waals surface area contributed by atoms with Gasteiger partial charge in [-0.25, -0.2) is 0 Å². The average Bonchev–Trinajstić information content (AvgIpc) is 2.95. The van der Waals surface area contributed by atoms with Gasteiger partial charge in [-0.2, -0.15) is 5.26 Å². The van der Waals surface area contributed by atoms with Crippen molar-refractivity contribution < 1.29 is 0 Å². The second-order valence-corrected chi connectivity index (χ2v) is 7.43. The minimum atomic E-state index is -0.000527. The summed E-state index contributed by atoms with van der Waals surface area (Å²) in [6, 6.07) is 10.9. The van der Waals surface area contributed by atoms with Gasteiger partial charge in [-0.1, -0.05) is 50.6 Å². The van der Waals surface area contributed by atoms with Crippen molar-refractivity contribution in [1.82, 2.24) is 9.88 Å². The van der Waals surface area contributed by atoms with Crippen molar-refractivity contribution in [2.75, 3.05) is 13.1 Å². The third-order valence-electron chi connectivity index (χ3n) is 4.88. The fraction of sp³-hybridized carbons (Fsp3) is 0.450. The fourth-order valence-electron chi connectivity index (χ4n) is 3.36. The Morgan fingerprint density at radius 1 is 1.30 bits per heavy atom. The predicted molar refractivity (Wildman–Crippen MR) is 95.1 cm³/mol. The van der Waals surface area contributed by atoms with Gasteiger partial charge in [-0.05, 0) is 29.9 Å². The molecule has 1 aromatic carbocycles. The Kier molecular flexibility index (Phi) is 4.28. The van der Waals surface area contributed by atoms with E-state index in [1.807, 2.05) is 0 Å². The quantitative estimate of drug-likeness (QED) is 0.860. The molecule has 1 atom stereocenters. The molecule has 1 aromatic heterocycles. The molecule has 1 aliphatic heterocycles. The molecule has 120 valence electrons. The number of hydrogen-bond acceptors (Lipinski definition) is 2.